The Hall–Kier alpha value is -0.940. The normalized spacial score (nSPS) is 15.0. The van der Waals surface area contributed by atoms with Gasteiger partial charge in [-0.25, -0.2) is 0 Å². The zero-order chi connectivity index (χ0) is 13.3. The summed E-state index contributed by atoms with van der Waals surface area (Å²) < 4.78 is 10.6. The molecule has 0 fully saturated rings. The SMILES string of the molecule is COC(c1noc(CC(C)(C)N)n1)C(C)(C)C. The third-order valence-corrected chi connectivity index (χ3v) is 2.35. The second-order valence-corrected chi connectivity index (χ2v) is 6.19. The van der Waals surface area contributed by atoms with E-state index in [1.54, 1.807) is 7.11 Å². The highest BCUT2D eigenvalue weighted by atomic mass is 16.5. The van der Waals surface area contributed by atoms with Crippen molar-refractivity contribution in [3.8, 4) is 0 Å². The fourth-order valence-electron chi connectivity index (χ4n) is 1.68. The van der Waals surface area contributed by atoms with E-state index in [9.17, 15) is 0 Å². The van der Waals surface area contributed by atoms with E-state index in [2.05, 4.69) is 30.9 Å². The molecule has 5 heteroatoms. The van der Waals surface area contributed by atoms with Gasteiger partial charge < -0.3 is 15.0 Å². The van der Waals surface area contributed by atoms with Crippen LogP contribution in [0, 0.1) is 5.41 Å². The summed E-state index contributed by atoms with van der Waals surface area (Å²) in [6.07, 6.45) is 0.376. The molecule has 0 aliphatic carbocycles. The minimum Gasteiger partial charge on any atom is -0.373 e. The van der Waals surface area contributed by atoms with Gasteiger partial charge in [0.2, 0.25) is 11.7 Å². The van der Waals surface area contributed by atoms with Crippen molar-refractivity contribution in [2.24, 2.45) is 11.1 Å². The topological polar surface area (TPSA) is 74.2 Å². The molecule has 1 atom stereocenters. The first kappa shape index (κ1) is 14.1. The predicted octanol–water partition coefficient (Wildman–Crippen LogP) is 2.08. The van der Waals surface area contributed by atoms with Crippen LogP contribution in [0.15, 0.2) is 4.52 Å². The highest BCUT2D eigenvalue weighted by molar-refractivity contribution is 4.98. The largest absolute Gasteiger partial charge is 0.373 e. The van der Waals surface area contributed by atoms with Crippen molar-refractivity contribution in [3.63, 3.8) is 0 Å². The summed E-state index contributed by atoms with van der Waals surface area (Å²) in [5.74, 6) is 1.14. The first-order valence-electron chi connectivity index (χ1n) is 5.77. The fourth-order valence-corrected chi connectivity index (χ4v) is 1.68. The predicted molar refractivity (Wildman–Crippen MR) is 65.5 cm³/mol. The molecular weight excluding hydrogens is 218 g/mol. The second-order valence-electron chi connectivity index (χ2n) is 6.19. The number of aromatic nitrogens is 2. The Bertz CT molecular complexity index is 361. The molecular formula is C12H23N3O2. The van der Waals surface area contributed by atoms with E-state index in [4.69, 9.17) is 15.0 Å². The number of nitrogens with zero attached hydrogens (tertiary/aromatic N) is 2. The van der Waals surface area contributed by atoms with Crippen molar-refractivity contribution < 1.29 is 9.26 Å². The molecule has 1 rings (SSSR count). The number of hydrogen-bond donors (Lipinski definition) is 1. The molecule has 1 aromatic rings. The molecule has 17 heavy (non-hydrogen) atoms. The van der Waals surface area contributed by atoms with Gasteiger partial charge in [0.25, 0.3) is 0 Å². The molecule has 0 spiro atoms. The van der Waals surface area contributed by atoms with Gasteiger partial charge in [-0.1, -0.05) is 25.9 Å². The van der Waals surface area contributed by atoms with Crippen LogP contribution in [0.1, 0.15) is 52.4 Å². The number of hydrogen-bond acceptors (Lipinski definition) is 5. The molecule has 0 amide bonds. The maximum Gasteiger partial charge on any atom is 0.228 e. The van der Waals surface area contributed by atoms with Crippen LogP contribution in [0.4, 0.5) is 0 Å². The summed E-state index contributed by atoms with van der Waals surface area (Å²) in [4.78, 5) is 4.35. The van der Waals surface area contributed by atoms with Crippen molar-refractivity contribution in [2.45, 2.75) is 52.7 Å². The third-order valence-electron chi connectivity index (χ3n) is 2.35. The molecule has 2 N–H and O–H groups in total. The summed E-state index contributed by atoms with van der Waals surface area (Å²) >= 11 is 0. The maximum absolute atomic E-state index is 5.91. The van der Waals surface area contributed by atoms with Crippen LogP contribution in [0.2, 0.25) is 0 Å². The van der Waals surface area contributed by atoms with Gasteiger partial charge in [-0.2, -0.15) is 4.98 Å². The Morgan fingerprint density at radius 1 is 1.29 bits per heavy atom. The minimum absolute atomic E-state index is 0.0753. The van der Waals surface area contributed by atoms with Gasteiger partial charge in [0.1, 0.15) is 6.10 Å². The van der Waals surface area contributed by atoms with Crippen LogP contribution in [0.25, 0.3) is 0 Å². The van der Waals surface area contributed by atoms with Gasteiger partial charge >= 0.3 is 0 Å². The molecule has 0 aliphatic heterocycles. The van der Waals surface area contributed by atoms with E-state index in [1.807, 2.05) is 13.8 Å². The van der Waals surface area contributed by atoms with Crippen LogP contribution in [0.5, 0.6) is 0 Å². The monoisotopic (exact) mass is 241 g/mol. The van der Waals surface area contributed by atoms with Gasteiger partial charge in [-0.3, -0.25) is 0 Å². The lowest BCUT2D eigenvalue weighted by atomic mass is 9.88. The molecule has 0 radical (unpaired) electrons. The Morgan fingerprint density at radius 3 is 2.29 bits per heavy atom. The molecule has 5 nitrogen and oxygen atoms in total. The Labute approximate surface area is 103 Å². The molecule has 0 aliphatic rings. The van der Waals surface area contributed by atoms with Crippen molar-refractivity contribution in [1.82, 2.24) is 10.1 Å². The molecule has 98 valence electrons. The van der Waals surface area contributed by atoms with Crippen LogP contribution in [-0.2, 0) is 11.2 Å². The van der Waals surface area contributed by atoms with Gasteiger partial charge in [0.15, 0.2) is 0 Å². The first-order chi connectivity index (χ1) is 7.63. The molecule has 1 aromatic heterocycles. The lowest BCUT2D eigenvalue weighted by Crippen LogP contribution is -2.34. The smallest absolute Gasteiger partial charge is 0.228 e. The van der Waals surface area contributed by atoms with E-state index in [0.29, 0.717) is 18.1 Å². The molecule has 0 saturated heterocycles. The van der Waals surface area contributed by atoms with Crippen molar-refractivity contribution in [2.75, 3.05) is 7.11 Å². The van der Waals surface area contributed by atoms with Crippen molar-refractivity contribution in [3.05, 3.63) is 11.7 Å². The lowest BCUT2D eigenvalue weighted by Gasteiger charge is -2.26. The summed E-state index contributed by atoms with van der Waals surface area (Å²) in [5, 5.41) is 3.97. The number of methoxy groups -OCH3 is 1. The standard InChI is InChI=1S/C12H23N3O2/c1-11(2,3)9(16-6)10-14-8(17-15-10)7-12(4,5)13/h9H,7,13H2,1-6H3. The summed E-state index contributed by atoms with van der Waals surface area (Å²) in [6, 6.07) is 0. The average molecular weight is 241 g/mol. The maximum atomic E-state index is 5.91. The Kier molecular flexibility index (Phi) is 3.94. The van der Waals surface area contributed by atoms with Crippen molar-refractivity contribution >= 4 is 0 Å². The Balaban J connectivity index is 2.87. The molecule has 1 heterocycles. The van der Waals surface area contributed by atoms with E-state index in [0.717, 1.165) is 0 Å². The average Bonchev–Trinajstić information content (AvgIpc) is 2.48. The minimum atomic E-state index is -0.353. The van der Waals surface area contributed by atoms with Gasteiger partial charge in [-0.15, -0.1) is 0 Å². The molecule has 1 unspecified atom stereocenters. The van der Waals surface area contributed by atoms with Crippen LogP contribution >= 0.6 is 0 Å². The summed E-state index contributed by atoms with van der Waals surface area (Å²) in [5.41, 5.74) is 5.48. The van der Waals surface area contributed by atoms with Gasteiger partial charge in [0, 0.05) is 19.1 Å². The number of nitrogens with two attached hydrogens (primary N) is 1. The Morgan fingerprint density at radius 2 is 1.88 bits per heavy atom. The lowest BCUT2D eigenvalue weighted by molar-refractivity contribution is 0.00718. The fraction of sp³-hybridized carbons (Fsp3) is 0.833. The van der Waals surface area contributed by atoms with E-state index in [-0.39, 0.29) is 17.1 Å². The van der Waals surface area contributed by atoms with Crippen LogP contribution in [-0.4, -0.2) is 22.8 Å². The van der Waals surface area contributed by atoms with Gasteiger partial charge in [0.05, 0.1) is 0 Å². The van der Waals surface area contributed by atoms with Crippen LogP contribution < -0.4 is 5.73 Å². The third kappa shape index (κ3) is 4.09. The molecule has 0 aromatic carbocycles. The van der Waals surface area contributed by atoms with Gasteiger partial charge in [-0.05, 0) is 19.3 Å². The first-order valence-corrected chi connectivity index (χ1v) is 5.77. The number of rotatable bonds is 4. The van der Waals surface area contributed by atoms with E-state index in [1.165, 1.54) is 0 Å². The molecule has 0 saturated carbocycles. The summed E-state index contributed by atoms with van der Waals surface area (Å²) in [7, 11) is 1.65. The number of ether oxygens (including phenoxy) is 1. The quantitative estimate of drug-likeness (QED) is 0.873. The van der Waals surface area contributed by atoms with E-state index >= 15 is 0 Å². The molecule has 0 bridgehead atoms. The van der Waals surface area contributed by atoms with Crippen LogP contribution in [0.3, 0.4) is 0 Å². The zero-order valence-corrected chi connectivity index (χ0v) is 11.6. The second kappa shape index (κ2) is 4.74. The summed E-state index contributed by atoms with van der Waals surface area (Å²) in [6.45, 7) is 10.1. The highest BCUT2D eigenvalue weighted by Gasteiger charge is 2.31. The van der Waals surface area contributed by atoms with Crippen molar-refractivity contribution in [1.29, 1.82) is 0 Å². The highest BCUT2D eigenvalue weighted by Crippen LogP contribution is 2.33. The van der Waals surface area contributed by atoms with E-state index < -0.39 is 0 Å². The zero-order valence-electron chi connectivity index (χ0n) is 11.6.